The van der Waals surface area contributed by atoms with Crippen molar-refractivity contribution < 1.29 is 4.79 Å². The van der Waals surface area contributed by atoms with Gasteiger partial charge < -0.3 is 4.90 Å². The minimum Gasteiger partial charge on any atom is -0.339 e. The third-order valence-electron chi connectivity index (χ3n) is 5.23. The molecule has 1 saturated heterocycles. The third-order valence-corrected chi connectivity index (χ3v) is 5.23. The SMILES string of the molecule is Cc1cccc(CN2CCN(C(=O)C3(C#N)CCCC3)CC2)c1. The molecule has 1 aliphatic heterocycles. The number of benzene rings is 1. The van der Waals surface area contributed by atoms with Crippen molar-refractivity contribution in [3.63, 3.8) is 0 Å². The summed E-state index contributed by atoms with van der Waals surface area (Å²) in [6, 6.07) is 10.9. The standard InChI is InChI=1S/C19H25N3O/c1-16-5-4-6-17(13-16)14-21-9-11-22(12-10-21)18(23)19(15-20)7-2-3-8-19/h4-6,13H,2-3,7-12,14H2,1H3. The van der Waals surface area contributed by atoms with E-state index in [-0.39, 0.29) is 5.91 Å². The van der Waals surface area contributed by atoms with Crippen molar-refractivity contribution in [3.05, 3.63) is 35.4 Å². The number of carbonyl (C=O) groups is 1. The molecular weight excluding hydrogens is 286 g/mol. The number of hydrogen-bond donors (Lipinski definition) is 0. The average molecular weight is 311 g/mol. The van der Waals surface area contributed by atoms with E-state index in [4.69, 9.17) is 0 Å². The second-order valence-electron chi connectivity index (χ2n) is 6.96. The molecule has 1 aromatic rings. The molecule has 0 spiro atoms. The van der Waals surface area contributed by atoms with Crippen molar-refractivity contribution in [1.82, 2.24) is 9.80 Å². The Kier molecular flexibility index (Phi) is 4.68. The molecular formula is C19H25N3O. The summed E-state index contributed by atoms with van der Waals surface area (Å²) in [5.41, 5.74) is 1.89. The Bertz CT molecular complexity index is 605. The zero-order valence-corrected chi connectivity index (χ0v) is 13.9. The van der Waals surface area contributed by atoms with Gasteiger partial charge in [0.05, 0.1) is 6.07 Å². The van der Waals surface area contributed by atoms with Crippen LogP contribution in [0.1, 0.15) is 36.8 Å². The van der Waals surface area contributed by atoms with Crippen molar-refractivity contribution in [3.8, 4) is 6.07 Å². The van der Waals surface area contributed by atoms with Gasteiger partial charge in [0.2, 0.25) is 5.91 Å². The van der Waals surface area contributed by atoms with E-state index in [1.165, 1.54) is 11.1 Å². The Labute approximate surface area is 138 Å². The first-order valence-corrected chi connectivity index (χ1v) is 8.61. The fraction of sp³-hybridized carbons (Fsp3) is 0.579. The highest BCUT2D eigenvalue weighted by Crippen LogP contribution is 2.39. The summed E-state index contributed by atoms with van der Waals surface area (Å²) in [4.78, 5) is 17.1. The van der Waals surface area contributed by atoms with Gasteiger partial charge in [0.15, 0.2) is 0 Å². The molecule has 0 bridgehead atoms. The summed E-state index contributed by atoms with van der Waals surface area (Å²) < 4.78 is 0. The molecule has 4 nitrogen and oxygen atoms in total. The van der Waals surface area contributed by atoms with Gasteiger partial charge in [-0.2, -0.15) is 5.26 Å². The smallest absolute Gasteiger partial charge is 0.243 e. The van der Waals surface area contributed by atoms with Crippen LogP contribution < -0.4 is 0 Å². The van der Waals surface area contributed by atoms with E-state index < -0.39 is 5.41 Å². The molecule has 1 aromatic carbocycles. The molecule has 0 atom stereocenters. The Morgan fingerprint density at radius 2 is 1.91 bits per heavy atom. The summed E-state index contributed by atoms with van der Waals surface area (Å²) in [5, 5.41) is 9.48. The van der Waals surface area contributed by atoms with Crippen LogP contribution in [0.5, 0.6) is 0 Å². The molecule has 0 aromatic heterocycles. The highest BCUT2D eigenvalue weighted by atomic mass is 16.2. The van der Waals surface area contributed by atoms with Crippen LogP contribution >= 0.6 is 0 Å². The quantitative estimate of drug-likeness (QED) is 0.862. The van der Waals surface area contributed by atoms with Gasteiger partial charge in [-0.1, -0.05) is 42.7 Å². The molecule has 1 amide bonds. The molecule has 0 unspecified atom stereocenters. The second-order valence-corrected chi connectivity index (χ2v) is 6.96. The van der Waals surface area contributed by atoms with Crippen LogP contribution in [0.2, 0.25) is 0 Å². The Balaban J connectivity index is 1.56. The van der Waals surface area contributed by atoms with E-state index in [1.807, 2.05) is 4.90 Å². The van der Waals surface area contributed by atoms with E-state index in [1.54, 1.807) is 0 Å². The van der Waals surface area contributed by atoms with Gasteiger partial charge in [-0.25, -0.2) is 0 Å². The molecule has 2 fully saturated rings. The summed E-state index contributed by atoms with van der Waals surface area (Å²) in [6.45, 7) is 6.32. The largest absolute Gasteiger partial charge is 0.339 e. The molecule has 1 aliphatic carbocycles. The van der Waals surface area contributed by atoms with Crippen molar-refractivity contribution in [2.45, 2.75) is 39.2 Å². The molecule has 3 rings (SSSR count). The maximum Gasteiger partial charge on any atom is 0.243 e. The van der Waals surface area contributed by atoms with E-state index in [0.717, 1.165) is 58.4 Å². The fourth-order valence-electron chi connectivity index (χ4n) is 3.83. The second kappa shape index (κ2) is 6.72. The van der Waals surface area contributed by atoms with E-state index >= 15 is 0 Å². The first-order chi connectivity index (χ1) is 11.1. The van der Waals surface area contributed by atoms with Crippen LogP contribution in [0.25, 0.3) is 0 Å². The maximum atomic E-state index is 12.7. The van der Waals surface area contributed by atoms with Gasteiger partial charge in [0.25, 0.3) is 0 Å². The molecule has 1 saturated carbocycles. The van der Waals surface area contributed by atoms with Crippen LogP contribution in [0.15, 0.2) is 24.3 Å². The molecule has 23 heavy (non-hydrogen) atoms. The van der Waals surface area contributed by atoms with E-state index in [9.17, 15) is 10.1 Å². The fourth-order valence-corrected chi connectivity index (χ4v) is 3.83. The van der Waals surface area contributed by atoms with E-state index in [0.29, 0.717) is 0 Å². The minimum absolute atomic E-state index is 0.0766. The summed E-state index contributed by atoms with van der Waals surface area (Å²) in [7, 11) is 0. The van der Waals surface area contributed by atoms with Gasteiger partial charge in [-0.05, 0) is 25.3 Å². The monoisotopic (exact) mass is 311 g/mol. The van der Waals surface area contributed by atoms with Crippen molar-refractivity contribution in [2.24, 2.45) is 5.41 Å². The predicted molar refractivity (Wildman–Crippen MR) is 89.6 cm³/mol. The lowest BCUT2D eigenvalue weighted by atomic mass is 9.86. The van der Waals surface area contributed by atoms with Crippen LogP contribution in [-0.2, 0) is 11.3 Å². The van der Waals surface area contributed by atoms with Gasteiger partial charge in [-0.15, -0.1) is 0 Å². The number of nitriles is 1. The zero-order valence-electron chi connectivity index (χ0n) is 13.9. The maximum absolute atomic E-state index is 12.7. The highest BCUT2D eigenvalue weighted by Gasteiger charge is 2.44. The van der Waals surface area contributed by atoms with Crippen LogP contribution in [0.4, 0.5) is 0 Å². The van der Waals surface area contributed by atoms with Crippen molar-refractivity contribution in [1.29, 1.82) is 5.26 Å². The molecule has 4 heteroatoms. The number of amides is 1. The van der Waals surface area contributed by atoms with Crippen molar-refractivity contribution in [2.75, 3.05) is 26.2 Å². The lowest BCUT2D eigenvalue weighted by Crippen LogP contribution is -2.52. The zero-order chi connectivity index (χ0) is 16.3. The molecule has 0 radical (unpaired) electrons. The van der Waals surface area contributed by atoms with Gasteiger partial charge >= 0.3 is 0 Å². The van der Waals surface area contributed by atoms with Crippen molar-refractivity contribution >= 4 is 5.91 Å². The van der Waals surface area contributed by atoms with Crippen LogP contribution in [0, 0.1) is 23.7 Å². The predicted octanol–water partition coefficient (Wildman–Crippen LogP) is 2.72. The van der Waals surface area contributed by atoms with Gasteiger partial charge in [0, 0.05) is 32.7 Å². The van der Waals surface area contributed by atoms with Gasteiger partial charge in [0.1, 0.15) is 5.41 Å². The summed E-state index contributed by atoms with van der Waals surface area (Å²) >= 11 is 0. The van der Waals surface area contributed by atoms with E-state index in [2.05, 4.69) is 42.2 Å². The topological polar surface area (TPSA) is 47.3 Å². The number of nitrogens with zero attached hydrogens (tertiary/aromatic N) is 3. The number of piperazine rings is 1. The number of hydrogen-bond acceptors (Lipinski definition) is 3. The summed E-state index contributed by atoms with van der Waals surface area (Å²) in [6.07, 6.45) is 3.50. The Morgan fingerprint density at radius 3 is 2.52 bits per heavy atom. The average Bonchev–Trinajstić information content (AvgIpc) is 3.05. The molecule has 1 heterocycles. The number of aryl methyl sites for hydroxylation is 1. The number of rotatable bonds is 3. The number of carbonyl (C=O) groups excluding carboxylic acids is 1. The normalized spacial score (nSPS) is 21.1. The third kappa shape index (κ3) is 3.40. The first kappa shape index (κ1) is 16.0. The lowest BCUT2D eigenvalue weighted by Gasteiger charge is -2.37. The minimum atomic E-state index is -0.723. The molecule has 0 N–H and O–H groups in total. The molecule has 122 valence electrons. The Morgan fingerprint density at radius 1 is 1.22 bits per heavy atom. The van der Waals surface area contributed by atoms with Crippen LogP contribution in [-0.4, -0.2) is 41.9 Å². The highest BCUT2D eigenvalue weighted by molar-refractivity contribution is 5.86. The first-order valence-electron chi connectivity index (χ1n) is 8.61. The Hall–Kier alpha value is -1.86. The van der Waals surface area contributed by atoms with Crippen LogP contribution in [0.3, 0.4) is 0 Å². The summed E-state index contributed by atoms with van der Waals surface area (Å²) in [5.74, 6) is 0.0766. The molecule has 2 aliphatic rings. The van der Waals surface area contributed by atoms with Gasteiger partial charge in [-0.3, -0.25) is 9.69 Å². The lowest BCUT2D eigenvalue weighted by molar-refractivity contribution is -0.140.